The van der Waals surface area contributed by atoms with E-state index in [-0.39, 0.29) is 6.61 Å². The number of ether oxygens (including phenoxy) is 1. The molecule has 1 rings (SSSR count). The zero-order valence-electron chi connectivity index (χ0n) is 8.34. The van der Waals surface area contributed by atoms with Crippen LogP contribution in [0.15, 0.2) is 30.3 Å². The summed E-state index contributed by atoms with van der Waals surface area (Å²) < 4.78 is 4.54. The molecule has 0 aliphatic heterocycles. The summed E-state index contributed by atoms with van der Waals surface area (Å²) in [7, 11) is 0. The number of anilines is 1. The van der Waals surface area contributed by atoms with Crippen molar-refractivity contribution < 1.29 is 14.3 Å². The van der Waals surface area contributed by atoms with Crippen LogP contribution in [-0.4, -0.2) is 18.5 Å². The SMILES string of the molecule is CC(=O)OCC(=O)N(N)c1ccccc1. The van der Waals surface area contributed by atoms with E-state index in [0.717, 1.165) is 5.01 Å². The molecule has 0 bridgehead atoms. The van der Waals surface area contributed by atoms with Gasteiger partial charge >= 0.3 is 5.97 Å². The molecular formula is C10H12N2O3. The second kappa shape index (κ2) is 5.11. The highest BCUT2D eigenvalue weighted by Gasteiger charge is 2.12. The van der Waals surface area contributed by atoms with Gasteiger partial charge in [0.1, 0.15) is 0 Å². The smallest absolute Gasteiger partial charge is 0.303 e. The number of amides is 1. The average Bonchev–Trinajstić information content (AvgIpc) is 2.26. The van der Waals surface area contributed by atoms with E-state index in [2.05, 4.69) is 4.74 Å². The Bertz CT molecular complexity index is 351. The van der Waals surface area contributed by atoms with Crippen molar-refractivity contribution in [3.05, 3.63) is 30.3 Å². The molecule has 0 aliphatic rings. The second-order valence-electron chi connectivity index (χ2n) is 2.88. The largest absolute Gasteiger partial charge is 0.456 e. The molecule has 0 radical (unpaired) electrons. The molecule has 0 unspecified atom stereocenters. The van der Waals surface area contributed by atoms with Crippen molar-refractivity contribution in [2.45, 2.75) is 6.92 Å². The summed E-state index contributed by atoms with van der Waals surface area (Å²) in [4.78, 5) is 21.8. The van der Waals surface area contributed by atoms with Crippen LogP contribution < -0.4 is 10.9 Å². The Hall–Kier alpha value is -1.88. The lowest BCUT2D eigenvalue weighted by atomic mass is 10.3. The number of hydrazine groups is 1. The quantitative estimate of drug-likeness (QED) is 0.339. The summed E-state index contributed by atoms with van der Waals surface area (Å²) in [6.45, 7) is 0.886. The third kappa shape index (κ3) is 3.40. The van der Waals surface area contributed by atoms with Gasteiger partial charge in [0.2, 0.25) is 0 Å². The number of benzene rings is 1. The maximum Gasteiger partial charge on any atom is 0.303 e. The van der Waals surface area contributed by atoms with Crippen molar-refractivity contribution >= 4 is 17.6 Å². The Morgan fingerprint density at radius 3 is 2.47 bits per heavy atom. The molecule has 0 fully saturated rings. The van der Waals surface area contributed by atoms with Crippen LogP contribution in [0.2, 0.25) is 0 Å². The van der Waals surface area contributed by atoms with Crippen molar-refractivity contribution in [2.24, 2.45) is 5.84 Å². The molecule has 80 valence electrons. The average molecular weight is 208 g/mol. The number of nitrogens with zero attached hydrogens (tertiary/aromatic N) is 1. The van der Waals surface area contributed by atoms with Crippen LogP contribution in [0.25, 0.3) is 0 Å². The molecule has 0 aliphatic carbocycles. The van der Waals surface area contributed by atoms with E-state index in [1.165, 1.54) is 6.92 Å². The molecule has 15 heavy (non-hydrogen) atoms. The minimum Gasteiger partial charge on any atom is -0.456 e. The molecule has 0 saturated carbocycles. The predicted octanol–water partition coefficient (Wildman–Crippen LogP) is 0.456. The number of carbonyl (C=O) groups excluding carboxylic acids is 2. The van der Waals surface area contributed by atoms with Gasteiger partial charge in [-0.2, -0.15) is 0 Å². The minimum atomic E-state index is -0.509. The van der Waals surface area contributed by atoms with E-state index < -0.39 is 11.9 Å². The normalized spacial score (nSPS) is 9.47. The van der Waals surface area contributed by atoms with Crippen LogP contribution in [0.5, 0.6) is 0 Å². The molecule has 0 heterocycles. The number of hydrogen-bond acceptors (Lipinski definition) is 4. The fraction of sp³-hybridized carbons (Fsp3) is 0.200. The fourth-order valence-electron chi connectivity index (χ4n) is 0.965. The summed E-state index contributed by atoms with van der Waals surface area (Å²) in [6.07, 6.45) is 0. The third-order valence-corrected chi connectivity index (χ3v) is 1.70. The number of esters is 1. The first-order chi connectivity index (χ1) is 7.11. The predicted molar refractivity (Wildman–Crippen MR) is 54.7 cm³/mol. The Morgan fingerprint density at radius 1 is 1.33 bits per heavy atom. The van der Waals surface area contributed by atoms with E-state index >= 15 is 0 Å². The Morgan fingerprint density at radius 2 is 1.93 bits per heavy atom. The van der Waals surface area contributed by atoms with Crippen molar-refractivity contribution in [1.29, 1.82) is 0 Å². The number of para-hydroxylation sites is 1. The van der Waals surface area contributed by atoms with Gasteiger partial charge in [-0.1, -0.05) is 18.2 Å². The monoisotopic (exact) mass is 208 g/mol. The van der Waals surface area contributed by atoms with Gasteiger partial charge in [-0.15, -0.1) is 0 Å². The lowest BCUT2D eigenvalue weighted by Gasteiger charge is -2.15. The number of carbonyl (C=O) groups is 2. The molecule has 5 heteroatoms. The second-order valence-corrected chi connectivity index (χ2v) is 2.88. The lowest BCUT2D eigenvalue weighted by Crippen LogP contribution is -2.40. The van der Waals surface area contributed by atoms with Crippen LogP contribution in [0.3, 0.4) is 0 Å². The van der Waals surface area contributed by atoms with Crippen molar-refractivity contribution in [3.8, 4) is 0 Å². The van der Waals surface area contributed by atoms with Gasteiger partial charge in [0, 0.05) is 6.92 Å². The summed E-state index contributed by atoms with van der Waals surface area (Å²) in [6, 6.07) is 8.70. The molecular weight excluding hydrogens is 196 g/mol. The zero-order valence-corrected chi connectivity index (χ0v) is 8.34. The minimum absolute atomic E-state index is 0.347. The van der Waals surface area contributed by atoms with Gasteiger partial charge in [0.15, 0.2) is 6.61 Å². The highest BCUT2D eigenvalue weighted by atomic mass is 16.5. The first kappa shape index (κ1) is 11.2. The van der Waals surface area contributed by atoms with Gasteiger partial charge in [-0.25, -0.2) is 10.9 Å². The van der Waals surface area contributed by atoms with E-state index in [1.807, 2.05) is 6.07 Å². The van der Waals surface area contributed by atoms with Crippen LogP contribution in [0, 0.1) is 0 Å². The van der Waals surface area contributed by atoms with Crippen LogP contribution in [0.1, 0.15) is 6.92 Å². The molecule has 1 aromatic rings. The van der Waals surface area contributed by atoms with Crippen molar-refractivity contribution in [2.75, 3.05) is 11.6 Å². The maximum atomic E-state index is 11.4. The number of hydrogen-bond donors (Lipinski definition) is 1. The highest BCUT2D eigenvalue weighted by Crippen LogP contribution is 2.09. The topological polar surface area (TPSA) is 72.6 Å². The molecule has 1 amide bonds. The van der Waals surface area contributed by atoms with Gasteiger partial charge in [0.05, 0.1) is 5.69 Å². The van der Waals surface area contributed by atoms with Crippen LogP contribution in [-0.2, 0) is 14.3 Å². The Balaban J connectivity index is 2.57. The van der Waals surface area contributed by atoms with E-state index in [0.29, 0.717) is 5.69 Å². The Labute approximate surface area is 87.4 Å². The molecule has 2 N–H and O–H groups in total. The van der Waals surface area contributed by atoms with Crippen LogP contribution in [0.4, 0.5) is 5.69 Å². The molecule has 0 saturated heterocycles. The van der Waals surface area contributed by atoms with Crippen LogP contribution >= 0.6 is 0 Å². The molecule has 5 nitrogen and oxygen atoms in total. The number of rotatable bonds is 3. The van der Waals surface area contributed by atoms with E-state index in [4.69, 9.17) is 5.84 Å². The summed E-state index contributed by atoms with van der Waals surface area (Å²) in [5, 5.41) is 0.947. The van der Waals surface area contributed by atoms with Crippen molar-refractivity contribution in [3.63, 3.8) is 0 Å². The van der Waals surface area contributed by atoms with Gasteiger partial charge in [-0.05, 0) is 12.1 Å². The van der Waals surface area contributed by atoms with E-state index in [1.54, 1.807) is 24.3 Å². The van der Waals surface area contributed by atoms with Crippen molar-refractivity contribution in [1.82, 2.24) is 0 Å². The molecule has 0 aromatic heterocycles. The summed E-state index contributed by atoms with van der Waals surface area (Å²) >= 11 is 0. The first-order valence-corrected chi connectivity index (χ1v) is 4.37. The molecule has 1 aromatic carbocycles. The Kier molecular flexibility index (Phi) is 3.82. The molecule has 0 atom stereocenters. The first-order valence-electron chi connectivity index (χ1n) is 4.37. The van der Waals surface area contributed by atoms with Gasteiger partial charge in [-0.3, -0.25) is 9.59 Å². The standard InChI is InChI=1S/C10H12N2O3/c1-8(13)15-7-10(14)12(11)9-5-3-2-4-6-9/h2-6H,7,11H2,1H3. The maximum absolute atomic E-state index is 11.4. The fourth-order valence-corrected chi connectivity index (χ4v) is 0.965. The summed E-state index contributed by atoms with van der Waals surface area (Å²) in [5.74, 6) is 4.53. The zero-order chi connectivity index (χ0) is 11.3. The molecule has 0 spiro atoms. The summed E-state index contributed by atoms with van der Waals surface area (Å²) in [5.41, 5.74) is 0.551. The van der Waals surface area contributed by atoms with E-state index in [9.17, 15) is 9.59 Å². The number of nitrogens with two attached hydrogens (primary N) is 1. The highest BCUT2D eigenvalue weighted by molar-refractivity contribution is 5.93. The lowest BCUT2D eigenvalue weighted by molar-refractivity contribution is -0.145. The third-order valence-electron chi connectivity index (χ3n) is 1.70. The van der Waals surface area contributed by atoms with Gasteiger partial charge in [0.25, 0.3) is 5.91 Å². The van der Waals surface area contributed by atoms with Gasteiger partial charge < -0.3 is 4.74 Å².